The van der Waals surface area contributed by atoms with E-state index in [0.717, 1.165) is 40.3 Å². The number of aryl methyl sites for hydroxylation is 4. The SMILES string of the molecule is Cc1cc(C)c(C(=O)O)c(/C=C/C[C@@H]2OC(C)(C)OC2C/C=C\CCO)c1.Cc1cc(C)c(C(=O)OCC[Si](C)(C)C)c(/C=C/C[C@@H]2OC(C)(C)OC2C/C=C\CCO)c1.O=C(O)c1ccccc1.O=C(O)c1ccccc1. The molecule has 424 valence electrons. The van der Waals surface area contributed by atoms with Crippen molar-refractivity contribution in [2.75, 3.05) is 19.8 Å². The average molecular weight is 1090 g/mol. The molecule has 0 radical (unpaired) electrons. The topological polar surface area (TPSA) is 216 Å². The Bertz CT molecular complexity index is 2600. The lowest BCUT2D eigenvalue weighted by molar-refractivity contribution is -0.146. The normalized spacial score (nSPS) is 18.5. The summed E-state index contributed by atoms with van der Waals surface area (Å²) in [5, 5.41) is 44.1. The van der Waals surface area contributed by atoms with Gasteiger partial charge in [-0.2, -0.15) is 0 Å². The van der Waals surface area contributed by atoms with E-state index in [1.165, 1.54) is 0 Å². The van der Waals surface area contributed by atoms with Crippen LogP contribution in [0.4, 0.5) is 0 Å². The number of benzene rings is 4. The third-order valence-corrected chi connectivity index (χ3v) is 13.8. The number of esters is 1. The molecule has 6 rings (SSSR count). The van der Waals surface area contributed by atoms with Crippen LogP contribution in [0.1, 0.15) is 141 Å². The minimum absolute atomic E-state index is 0.0511. The number of rotatable bonds is 21. The second-order valence-electron chi connectivity index (χ2n) is 21.3. The van der Waals surface area contributed by atoms with Crippen molar-refractivity contribution in [3.05, 3.63) is 177 Å². The summed E-state index contributed by atoms with van der Waals surface area (Å²) in [6, 6.07) is 25.4. The number of aromatic carboxylic acids is 3. The van der Waals surface area contributed by atoms with E-state index in [4.69, 9.17) is 44.1 Å². The van der Waals surface area contributed by atoms with Gasteiger partial charge in [-0.05, 0) is 146 Å². The molecule has 0 aliphatic carbocycles. The number of hydrogen-bond acceptors (Lipinski definition) is 11. The summed E-state index contributed by atoms with van der Waals surface area (Å²) in [4.78, 5) is 44.9. The molecule has 2 fully saturated rings. The summed E-state index contributed by atoms with van der Waals surface area (Å²) in [5.74, 6) is -4.19. The molecule has 78 heavy (non-hydrogen) atoms. The van der Waals surface area contributed by atoms with Crippen LogP contribution in [0.25, 0.3) is 12.2 Å². The standard InChI is InChI=1S/C27H42O5Si.C22H30O5.2C7H6O2/c1-20-18-21(2)25(26(29)30-16-17-33(5,6)7)22(19-20)12-11-14-24-23(13-9-8-10-15-28)31-27(3,4)32-24;1-15-13-16(2)20(21(24)25)17(14-15)9-8-11-19-18(10-6-5-7-12-23)26-22(3,4)27-19;2*8-7(9)6-4-2-1-3-5-6/h8-9,11-12,18-19,23-24,28H,10,13-17H2,1-7H3;5-6,8-9,13-14,18-19,23H,7,10-12H2,1-4H3,(H,24,25);2*1-5H,(H,8,9)/b9-8-,12-11+;6-5-,9-8+;;/t23?,24-;18?,19-;;/m00../s1. The van der Waals surface area contributed by atoms with Crippen molar-refractivity contribution in [3.8, 4) is 0 Å². The highest BCUT2D eigenvalue weighted by atomic mass is 28.3. The van der Waals surface area contributed by atoms with Crippen molar-refractivity contribution >= 4 is 44.1 Å². The molecule has 4 atom stereocenters. The fourth-order valence-electron chi connectivity index (χ4n) is 8.64. The first-order valence-corrected chi connectivity index (χ1v) is 30.2. The van der Waals surface area contributed by atoms with Gasteiger partial charge in [-0.15, -0.1) is 0 Å². The van der Waals surface area contributed by atoms with Crippen molar-refractivity contribution in [3.63, 3.8) is 0 Å². The second kappa shape index (κ2) is 32.6. The molecular weight excluding hydrogens is 1010 g/mol. The fourth-order valence-corrected chi connectivity index (χ4v) is 9.35. The largest absolute Gasteiger partial charge is 0.478 e. The van der Waals surface area contributed by atoms with Gasteiger partial charge in [0.05, 0.1) is 53.3 Å². The summed E-state index contributed by atoms with van der Waals surface area (Å²) < 4.78 is 29.8. The van der Waals surface area contributed by atoms with Gasteiger partial charge in [0, 0.05) is 21.3 Å². The van der Waals surface area contributed by atoms with Crippen LogP contribution in [0.15, 0.2) is 121 Å². The number of carboxylic acids is 3. The van der Waals surface area contributed by atoms with E-state index in [2.05, 4.69) is 25.7 Å². The zero-order chi connectivity index (χ0) is 58.1. The van der Waals surface area contributed by atoms with E-state index in [9.17, 15) is 24.3 Å². The second-order valence-corrected chi connectivity index (χ2v) is 26.9. The minimum Gasteiger partial charge on any atom is -0.478 e. The van der Waals surface area contributed by atoms with Crippen LogP contribution in [0.3, 0.4) is 0 Å². The lowest BCUT2D eigenvalue weighted by Crippen LogP contribution is -2.23. The Kier molecular flexibility index (Phi) is 27.5. The molecule has 14 nitrogen and oxygen atoms in total. The number of carbonyl (C=O) groups is 4. The highest BCUT2D eigenvalue weighted by Gasteiger charge is 2.41. The van der Waals surface area contributed by atoms with Crippen molar-refractivity contribution in [1.29, 1.82) is 0 Å². The molecule has 2 heterocycles. The van der Waals surface area contributed by atoms with Gasteiger partial charge in [0.15, 0.2) is 11.6 Å². The van der Waals surface area contributed by atoms with Crippen LogP contribution >= 0.6 is 0 Å². The van der Waals surface area contributed by atoms with E-state index >= 15 is 0 Å². The summed E-state index contributed by atoms with van der Waals surface area (Å²) in [6.07, 6.45) is 19.6. The van der Waals surface area contributed by atoms with E-state index < -0.39 is 37.6 Å². The van der Waals surface area contributed by atoms with Crippen molar-refractivity contribution in [1.82, 2.24) is 0 Å². The first-order valence-electron chi connectivity index (χ1n) is 26.5. The molecule has 2 unspecified atom stereocenters. The van der Waals surface area contributed by atoms with Gasteiger partial charge in [0.1, 0.15) is 0 Å². The maximum atomic E-state index is 12.9. The average Bonchev–Trinajstić information content (AvgIpc) is 3.83. The molecule has 2 aliphatic rings. The van der Waals surface area contributed by atoms with E-state index in [-0.39, 0.29) is 43.6 Å². The molecule has 0 spiro atoms. The Morgan fingerprint density at radius 2 is 0.885 bits per heavy atom. The lowest BCUT2D eigenvalue weighted by Gasteiger charge is -2.17. The number of carboxylic acid groups (broad SMARTS) is 3. The highest BCUT2D eigenvalue weighted by molar-refractivity contribution is 6.76. The van der Waals surface area contributed by atoms with Crippen LogP contribution in [-0.2, 0) is 23.7 Å². The van der Waals surface area contributed by atoms with Gasteiger partial charge in [0.2, 0.25) is 0 Å². The Morgan fingerprint density at radius 3 is 1.22 bits per heavy atom. The monoisotopic (exact) mass is 1090 g/mol. The first-order chi connectivity index (χ1) is 36.8. The van der Waals surface area contributed by atoms with Crippen LogP contribution in [0.2, 0.25) is 25.7 Å². The molecule has 15 heteroatoms. The Hall–Kier alpha value is -6.30. The van der Waals surface area contributed by atoms with Crippen molar-refractivity contribution in [2.45, 2.75) is 156 Å². The van der Waals surface area contributed by atoms with E-state index in [1.807, 2.05) is 122 Å². The summed E-state index contributed by atoms with van der Waals surface area (Å²) >= 11 is 0. The number of carbonyl (C=O) groups excluding carboxylic acids is 1. The van der Waals surface area contributed by atoms with Crippen molar-refractivity contribution in [2.24, 2.45) is 0 Å². The maximum absolute atomic E-state index is 12.9. The summed E-state index contributed by atoms with van der Waals surface area (Å²) in [5.41, 5.74) is 7.06. The van der Waals surface area contributed by atoms with Gasteiger partial charge < -0.3 is 49.2 Å². The molecular formula is C63H84O14Si. The van der Waals surface area contributed by atoms with Crippen molar-refractivity contribution < 1.29 is 68.4 Å². The zero-order valence-corrected chi connectivity index (χ0v) is 48.5. The van der Waals surface area contributed by atoms with E-state index in [1.54, 1.807) is 60.7 Å². The minimum atomic E-state index is -1.26. The van der Waals surface area contributed by atoms with Gasteiger partial charge >= 0.3 is 23.9 Å². The lowest BCUT2D eigenvalue weighted by atomic mass is 9.97. The van der Waals surface area contributed by atoms with Crippen LogP contribution in [-0.4, -0.2) is 113 Å². The van der Waals surface area contributed by atoms with Gasteiger partial charge in [0.25, 0.3) is 0 Å². The quantitative estimate of drug-likeness (QED) is 0.0298. The molecule has 2 saturated heterocycles. The number of aliphatic hydroxyl groups is 2. The van der Waals surface area contributed by atoms with Gasteiger partial charge in [-0.1, -0.05) is 140 Å². The molecule has 0 aromatic heterocycles. The predicted octanol–water partition coefficient (Wildman–Crippen LogP) is 13.1. The van der Waals surface area contributed by atoms with Crippen LogP contribution in [0.5, 0.6) is 0 Å². The van der Waals surface area contributed by atoms with E-state index in [0.29, 0.717) is 66.5 Å². The third-order valence-electron chi connectivity index (χ3n) is 12.1. The molecule has 0 bridgehead atoms. The van der Waals surface area contributed by atoms with Gasteiger partial charge in [-0.25, -0.2) is 19.2 Å². The molecule has 4 aromatic rings. The maximum Gasteiger partial charge on any atom is 0.338 e. The number of hydrogen-bond donors (Lipinski definition) is 5. The van der Waals surface area contributed by atoms with Crippen LogP contribution in [0, 0.1) is 27.7 Å². The van der Waals surface area contributed by atoms with Gasteiger partial charge in [-0.3, -0.25) is 0 Å². The highest BCUT2D eigenvalue weighted by Crippen LogP contribution is 2.34. The Balaban J connectivity index is 0.000000313. The fraction of sp³-hybridized carbons (Fsp3) is 0.429. The summed E-state index contributed by atoms with van der Waals surface area (Å²) in [7, 11) is -1.26. The zero-order valence-electron chi connectivity index (χ0n) is 47.5. The first kappa shape index (κ1) is 66.0. The Labute approximate surface area is 463 Å². The van der Waals surface area contributed by atoms with Crippen LogP contribution < -0.4 is 0 Å². The number of ether oxygens (including phenoxy) is 5. The summed E-state index contributed by atoms with van der Waals surface area (Å²) in [6.45, 7) is 23.0. The smallest absolute Gasteiger partial charge is 0.338 e. The third kappa shape index (κ3) is 24.2. The molecule has 0 saturated carbocycles. The Morgan fingerprint density at radius 1 is 0.526 bits per heavy atom. The molecule has 2 aliphatic heterocycles. The molecule has 4 aromatic carbocycles. The number of aliphatic hydroxyl groups excluding tert-OH is 2. The molecule has 5 N–H and O–H groups in total. The predicted molar refractivity (Wildman–Crippen MR) is 310 cm³/mol. The molecule has 0 amide bonds.